The van der Waals surface area contributed by atoms with E-state index in [2.05, 4.69) is 9.97 Å². The van der Waals surface area contributed by atoms with Gasteiger partial charge in [-0.3, -0.25) is 15.1 Å². The van der Waals surface area contributed by atoms with E-state index in [-0.39, 0.29) is 5.88 Å². The number of furan rings is 1. The second kappa shape index (κ2) is 5.65. The van der Waals surface area contributed by atoms with Gasteiger partial charge >= 0.3 is 5.88 Å². The number of hydrogen-bond donors (Lipinski definition) is 0. The van der Waals surface area contributed by atoms with Crippen molar-refractivity contribution in [1.82, 2.24) is 9.97 Å². The van der Waals surface area contributed by atoms with E-state index < -0.39 is 4.92 Å². The van der Waals surface area contributed by atoms with Crippen molar-refractivity contribution in [2.24, 2.45) is 0 Å². The molecule has 0 radical (unpaired) electrons. The predicted molar refractivity (Wildman–Crippen MR) is 78.4 cm³/mol. The number of nitrogens with zero attached hydrogens (tertiary/aromatic N) is 3. The molecule has 0 atom stereocenters. The summed E-state index contributed by atoms with van der Waals surface area (Å²) in [5.74, 6) is 0.355. The fourth-order valence-corrected chi connectivity index (χ4v) is 2.00. The first-order valence-corrected chi connectivity index (χ1v) is 6.38. The third-order valence-electron chi connectivity index (χ3n) is 3.03. The summed E-state index contributed by atoms with van der Waals surface area (Å²) >= 11 is 0. The van der Waals surface area contributed by atoms with Crippen LogP contribution in [0.4, 0.5) is 5.88 Å². The molecule has 110 valence electrons. The molecule has 7 heteroatoms. The van der Waals surface area contributed by atoms with E-state index in [1.165, 1.54) is 19.2 Å². The zero-order chi connectivity index (χ0) is 15.5. The molecule has 0 unspecified atom stereocenters. The van der Waals surface area contributed by atoms with Gasteiger partial charge in [0, 0.05) is 24.0 Å². The Morgan fingerprint density at radius 2 is 2.09 bits per heavy atom. The Morgan fingerprint density at radius 3 is 2.73 bits per heavy atom. The molecule has 0 aliphatic carbocycles. The maximum atomic E-state index is 10.7. The van der Waals surface area contributed by atoms with Gasteiger partial charge in [0.25, 0.3) is 0 Å². The first-order chi connectivity index (χ1) is 10.7. The van der Waals surface area contributed by atoms with E-state index >= 15 is 0 Å². The Hall–Kier alpha value is -3.22. The second-order valence-electron chi connectivity index (χ2n) is 4.42. The van der Waals surface area contributed by atoms with Crippen LogP contribution < -0.4 is 4.74 Å². The number of hydrogen-bond acceptors (Lipinski definition) is 6. The largest absolute Gasteiger partial charge is 0.481 e. The van der Waals surface area contributed by atoms with Crippen LogP contribution in [0.25, 0.3) is 22.6 Å². The SMILES string of the molecule is COc1cc(-c2cccnc2)cc(-c2ccc([N+](=O)[O-])o2)n1. The Bertz CT molecular complexity index is 815. The van der Waals surface area contributed by atoms with Crippen molar-refractivity contribution in [3.05, 3.63) is 58.9 Å². The number of ether oxygens (including phenoxy) is 1. The van der Waals surface area contributed by atoms with Crippen LogP contribution in [0, 0.1) is 10.1 Å². The Kier molecular flexibility index (Phi) is 3.53. The summed E-state index contributed by atoms with van der Waals surface area (Å²) in [6.45, 7) is 0. The molecule has 3 rings (SSSR count). The molecule has 0 saturated carbocycles. The molecule has 22 heavy (non-hydrogen) atoms. The predicted octanol–water partition coefficient (Wildman–Crippen LogP) is 3.32. The van der Waals surface area contributed by atoms with Crippen molar-refractivity contribution in [2.45, 2.75) is 0 Å². The van der Waals surface area contributed by atoms with E-state index in [1.807, 2.05) is 12.1 Å². The number of nitro groups is 1. The molecule has 3 aromatic heterocycles. The number of methoxy groups -OCH3 is 1. The first kappa shape index (κ1) is 13.7. The van der Waals surface area contributed by atoms with Crippen LogP contribution in [-0.4, -0.2) is 22.0 Å². The molecule has 0 saturated heterocycles. The van der Waals surface area contributed by atoms with Crippen molar-refractivity contribution in [3.8, 4) is 28.5 Å². The molecule has 0 aliphatic rings. The van der Waals surface area contributed by atoms with Gasteiger partial charge in [-0.25, -0.2) is 4.98 Å². The normalized spacial score (nSPS) is 10.4. The molecule has 0 amide bonds. The minimum absolute atomic E-state index is 0.302. The minimum atomic E-state index is -0.592. The molecular formula is C15H11N3O4. The lowest BCUT2D eigenvalue weighted by Gasteiger charge is -2.06. The van der Waals surface area contributed by atoms with Gasteiger partial charge in [-0.2, -0.15) is 0 Å². The van der Waals surface area contributed by atoms with E-state index in [4.69, 9.17) is 9.15 Å². The van der Waals surface area contributed by atoms with E-state index in [1.54, 1.807) is 24.5 Å². The van der Waals surface area contributed by atoms with Crippen LogP contribution in [0.3, 0.4) is 0 Å². The zero-order valence-electron chi connectivity index (χ0n) is 11.6. The van der Waals surface area contributed by atoms with Crippen LogP contribution in [0.15, 0.2) is 53.2 Å². The lowest BCUT2D eigenvalue weighted by Crippen LogP contribution is -1.92. The van der Waals surface area contributed by atoms with Crippen LogP contribution in [0.5, 0.6) is 5.88 Å². The average molecular weight is 297 g/mol. The van der Waals surface area contributed by atoms with E-state index in [0.29, 0.717) is 17.3 Å². The van der Waals surface area contributed by atoms with Crippen molar-refractivity contribution < 1.29 is 14.1 Å². The van der Waals surface area contributed by atoms with Crippen molar-refractivity contribution in [3.63, 3.8) is 0 Å². The number of pyridine rings is 2. The maximum Gasteiger partial charge on any atom is 0.433 e. The van der Waals surface area contributed by atoms with Gasteiger partial charge in [0.05, 0.1) is 13.2 Å². The lowest BCUT2D eigenvalue weighted by atomic mass is 10.1. The summed E-state index contributed by atoms with van der Waals surface area (Å²) in [4.78, 5) is 18.5. The molecule has 7 nitrogen and oxygen atoms in total. The molecule has 0 spiro atoms. The third kappa shape index (κ3) is 2.64. The van der Waals surface area contributed by atoms with Crippen LogP contribution in [-0.2, 0) is 0 Å². The van der Waals surface area contributed by atoms with Gasteiger partial charge in [0.2, 0.25) is 5.88 Å². The van der Waals surface area contributed by atoms with Gasteiger partial charge in [-0.05, 0) is 23.8 Å². The number of aromatic nitrogens is 2. The first-order valence-electron chi connectivity index (χ1n) is 6.38. The van der Waals surface area contributed by atoms with Crippen molar-refractivity contribution >= 4 is 5.88 Å². The highest BCUT2D eigenvalue weighted by Crippen LogP contribution is 2.30. The zero-order valence-corrected chi connectivity index (χ0v) is 11.6. The van der Waals surface area contributed by atoms with E-state index in [9.17, 15) is 10.1 Å². The maximum absolute atomic E-state index is 10.7. The van der Waals surface area contributed by atoms with Crippen LogP contribution in [0.2, 0.25) is 0 Å². The summed E-state index contributed by atoms with van der Waals surface area (Å²) in [6.07, 6.45) is 3.39. The molecule has 0 fully saturated rings. The molecule has 0 N–H and O–H groups in total. The highest BCUT2D eigenvalue weighted by molar-refractivity contribution is 5.69. The summed E-state index contributed by atoms with van der Waals surface area (Å²) in [6, 6.07) is 10.0. The summed E-state index contributed by atoms with van der Waals surface area (Å²) < 4.78 is 10.4. The third-order valence-corrected chi connectivity index (χ3v) is 3.03. The van der Waals surface area contributed by atoms with E-state index in [0.717, 1.165) is 11.1 Å². The second-order valence-corrected chi connectivity index (χ2v) is 4.42. The highest BCUT2D eigenvalue weighted by Gasteiger charge is 2.15. The topological polar surface area (TPSA) is 91.3 Å². The standard InChI is InChI=1S/C15H11N3O4/c1-21-14-8-11(10-3-2-6-16-9-10)7-12(17-14)13-4-5-15(22-13)18(19)20/h2-9H,1H3. The minimum Gasteiger partial charge on any atom is -0.481 e. The summed E-state index contributed by atoms with van der Waals surface area (Å²) in [5, 5.41) is 10.7. The fourth-order valence-electron chi connectivity index (χ4n) is 2.00. The van der Waals surface area contributed by atoms with Crippen molar-refractivity contribution in [2.75, 3.05) is 7.11 Å². The fraction of sp³-hybridized carbons (Fsp3) is 0.0667. The van der Waals surface area contributed by atoms with Gasteiger partial charge in [0.1, 0.15) is 10.6 Å². The molecule has 0 aromatic carbocycles. The summed E-state index contributed by atoms with van der Waals surface area (Å²) in [5.41, 5.74) is 2.16. The van der Waals surface area contributed by atoms with Crippen molar-refractivity contribution in [1.29, 1.82) is 0 Å². The lowest BCUT2D eigenvalue weighted by molar-refractivity contribution is -0.401. The molecule has 3 aromatic rings. The quantitative estimate of drug-likeness (QED) is 0.542. The van der Waals surface area contributed by atoms with Gasteiger partial charge < -0.3 is 9.15 Å². The Morgan fingerprint density at radius 1 is 1.23 bits per heavy atom. The highest BCUT2D eigenvalue weighted by atomic mass is 16.6. The molecule has 0 bridgehead atoms. The van der Waals surface area contributed by atoms with Crippen LogP contribution >= 0.6 is 0 Å². The average Bonchev–Trinajstić information content (AvgIpc) is 3.05. The Balaban J connectivity index is 2.09. The van der Waals surface area contributed by atoms with Gasteiger partial charge in [0.15, 0.2) is 5.76 Å². The Labute approximate surface area is 125 Å². The molecule has 0 aliphatic heterocycles. The van der Waals surface area contributed by atoms with Gasteiger partial charge in [-0.1, -0.05) is 6.07 Å². The number of rotatable bonds is 4. The van der Waals surface area contributed by atoms with Gasteiger partial charge in [-0.15, -0.1) is 0 Å². The smallest absolute Gasteiger partial charge is 0.433 e. The molecule has 3 heterocycles. The van der Waals surface area contributed by atoms with Crippen LogP contribution in [0.1, 0.15) is 0 Å². The summed E-state index contributed by atoms with van der Waals surface area (Å²) in [7, 11) is 1.50. The molecular weight excluding hydrogens is 286 g/mol. The monoisotopic (exact) mass is 297 g/mol.